The summed E-state index contributed by atoms with van der Waals surface area (Å²) in [6.45, 7) is 6.76. The van der Waals surface area contributed by atoms with Gasteiger partial charge in [0.1, 0.15) is 0 Å². The molecule has 2 heterocycles. The van der Waals surface area contributed by atoms with E-state index >= 15 is 0 Å². The van der Waals surface area contributed by atoms with E-state index in [-0.39, 0.29) is 92.6 Å². The highest BCUT2D eigenvalue weighted by Crippen LogP contribution is 2.42. The molecule has 3 aromatic rings. The standard InChI is InChI=1S/C49H54Cl2N4O12/c1-7-66-48(60)41-34(25-30-15-9-13-19-35(30)50)39(46(58)62-5)28(3)54-37(41)26-64-23-21-52-44(56)31-16-10-11-17-32(31)45(57)53-22-24-65-27-38-43(49(61)67-8-2)42(33-18-12-14-20-36(33)51)40(29(4)55-38)47(59)63-6/h9-20,34,42,54-55H,7-8,21-27H2,1-6H3,(H,52,56)(H,53,57)/t34-,42+/m0/s1. The van der Waals surface area contributed by atoms with E-state index in [0.29, 0.717) is 44.0 Å². The number of esters is 4. The number of amides is 2. The van der Waals surface area contributed by atoms with E-state index in [2.05, 4.69) is 21.3 Å². The van der Waals surface area contributed by atoms with Gasteiger partial charge in [-0.2, -0.15) is 0 Å². The smallest absolute Gasteiger partial charge is 0.336 e. The molecular formula is C49H54Cl2N4O12. The van der Waals surface area contributed by atoms with Crippen molar-refractivity contribution in [2.75, 3.05) is 67.0 Å². The van der Waals surface area contributed by atoms with Crippen LogP contribution in [-0.2, 0) is 54.0 Å². The number of benzene rings is 3. The number of carbonyl (C=O) groups excluding carboxylic acids is 6. The molecule has 0 radical (unpaired) electrons. The van der Waals surface area contributed by atoms with Crippen molar-refractivity contribution in [3.05, 3.63) is 150 Å². The minimum Gasteiger partial charge on any atom is -0.466 e. The molecule has 5 rings (SSSR count). The minimum atomic E-state index is -0.924. The van der Waals surface area contributed by atoms with Crippen LogP contribution in [0, 0.1) is 5.92 Å². The molecule has 0 bridgehead atoms. The largest absolute Gasteiger partial charge is 0.466 e. The second-order valence-corrected chi connectivity index (χ2v) is 15.8. The lowest BCUT2D eigenvalue weighted by Crippen LogP contribution is -2.37. The number of ether oxygens (including phenoxy) is 6. The van der Waals surface area contributed by atoms with Crippen LogP contribution in [0.5, 0.6) is 0 Å². The minimum absolute atomic E-state index is 0.00530. The highest BCUT2D eigenvalue weighted by atomic mass is 35.5. The van der Waals surface area contributed by atoms with Gasteiger partial charge in [-0.25, -0.2) is 19.2 Å². The molecule has 0 fully saturated rings. The zero-order valence-corrected chi connectivity index (χ0v) is 39.6. The van der Waals surface area contributed by atoms with Gasteiger partial charge in [-0.1, -0.05) is 71.7 Å². The van der Waals surface area contributed by atoms with Crippen LogP contribution >= 0.6 is 23.2 Å². The van der Waals surface area contributed by atoms with Crippen molar-refractivity contribution in [1.82, 2.24) is 21.3 Å². The van der Waals surface area contributed by atoms with Crippen LogP contribution in [0.3, 0.4) is 0 Å². The highest BCUT2D eigenvalue weighted by molar-refractivity contribution is 6.32. The maximum atomic E-state index is 13.5. The summed E-state index contributed by atoms with van der Waals surface area (Å²) in [6, 6.07) is 20.3. The molecule has 4 N–H and O–H groups in total. The number of hydrogen-bond donors (Lipinski definition) is 4. The summed E-state index contributed by atoms with van der Waals surface area (Å²) in [7, 11) is 2.51. The van der Waals surface area contributed by atoms with E-state index < -0.39 is 47.5 Å². The molecule has 18 heteroatoms. The maximum absolute atomic E-state index is 13.5. The highest BCUT2D eigenvalue weighted by Gasteiger charge is 2.40. The van der Waals surface area contributed by atoms with Crippen molar-refractivity contribution in [2.45, 2.75) is 40.0 Å². The van der Waals surface area contributed by atoms with Gasteiger partial charge in [-0.3, -0.25) is 9.59 Å². The van der Waals surface area contributed by atoms with Crippen LogP contribution in [-0.4, -0.2) is 103 Å². The first-order valence-electron chi connectivity index (χ1n) is 21.5. The number of methoxy groups -OCH3 is 2. The van der Waals surface area contributed by atoms with Crippen molar-refractivity contribution in [3.8, 4) is 0 Å². The molecule has 0 aliphatic carbocycles. The number of dihydropyridines is 2. The second kappa shape index (κ2) is 24.9. The molecule has 2 atom stereocenters. The lowest BCUT2D eigenvalue weighted by molar-refractivity contribution is -0.141. The number of halogens is 2. The Bertz CT molecular complexity index is 2500. The fourth-order valence-electron chi connectivity index (χ4n) is 7.81. The summed E-state index contributed by atoms with van der Waals surface area (Å²) >= 11 is 13.1. The quantitative estimate of drug-likeness (QED) is 0.0561. The SMILES string of the molecule is CCOC(=O)C1=C(COCCNC(=O)c2ccccc2C(=O)NCCOCC2=C(C(=O)OCC)[C@H](c3ccccc3Cl)C(C(=O)OC)=C(C)N2)NC(C)=C(C(=O)OC)[C@@H]1Cc1ccccc1Cl. The summed E-state index contributed by atoms with van der Waals surface area (Å²) in [4.78, 5) is 79.9. The number of rotatable bonds is 21. The zero-order valence-electron chi connectivity index (χ0n) is 38.1. The van der Waals surface area contributed by atoms with E-state index in [4.69, 9.17) is 51.6 Å². The Balaban J connectivity index is 1.20. The number of allylic oxidation sites excluding steroid dienone is 2. The van der Waals surface area contributed by atoms with Crippen molar-refractivity contribution in [1.29, 1.82) is 0 Å². The van der Waals surface area contributed by atoms with Gasteiger partial charge >= 0.3 is 23.9 Å². The maximum Gasteiger partial charge on any atom is 0.336 e. The molecule has 0 saturated carbocycles. The van der Waals surface area contributed by atoms with E-state index in [1.807, 2.05) is 12.1 Å². The molecule has 2 aliphatic rings. The van der Waals surface area contributed by atoms with Gasteiger partial charge in [-0.05, 0) is 69.5 Å². The van der Waals surface area contributed by atoms with E-state index in [1.54, 1.807) is 76.2 Å². The zero-order chi connectivity index (χ0) is 48.6. The van der Waals surface area contributed by atoms with Gasteiger partial charge in [0.15, 0.2) is 0 Å². The van der Waals surface area contributed by atoms with Crippen molar-refractivity contribution in [2.24, 2.45) is 5.92 Å². The van der Waals surface area contributed by atoms with E-state index in [1.165, 1.54) is 26.4 Å². The molecule has 356 valence electrons. The predicted molar refractivity (Wildman–Crippen MR) is 249 cm³/mol. The van der Waals surface area contributed by atoms with Crippen LogP contribution in [0.1, 0.15) is 65.5 Å². The Morgan fingerprint density at radius 1 is 0.582 bits per heavy atom. The average Bonchev–Trinajstić information content (AvgIpc) is 3.31. The molecular weight excluding hydrogens is 907 g/mol. The van der Waals surface area contributed by atoms with Crippen LogP contribution in [0.4, 0.5) is 0 Å². The molecule has 3 aromatic carbocycles. The van der Waals surface area contributed by atoms with Crippen molar-refractivity contribution < 1.29 is 57.2 Å². The number of carbonyl (C=O) groups is 6. The summed E-state index contributed by atoms with van der Waals surface area (Å²) in [6.07, 6.45) is 0.203. The van der Waals surface area contributed by atoms with Gasteiger partial charge in [-0.15, -0.1) is 0 Å². The van der Waals surface area contributed by atoms with Crippen LogP contribution in [0.15, 0.2) is 118 Å². The Hall–Kier alpha value is -6.46. The molecule has 0 aromatic heterocycles. The molecule has 0 unspecified atom stereocenters. The third-order valence-corrected chi connectivity index (χ3v) is 11.5. The van der Waals surface area contributed by atoms with Gasteiger partial charge in [0.25, 0.3) is 11.8 Å². The van der Waals surface area contributed by atoms with Crippen LogP contribution in [0.25, 0.3) is 0 Å². The van der Waals surface area contributed by atoms with Gasteiger partial charge in [0, 0.05) is 40.4 Å². The first kappa shape index (κ1) is 51.5. The summed E-state index contributed by atoms with van der Waals surface area (Å²) < 4.78 is 32.9. The summed E-state index contributed by atoms with van der Waals surface area (Å²) in [5, 5.41) is 12.6. The lowest BCUT2D eigenvalue weighted by Gasteiger charge is -2.31. The monoisotopic (exact) mass is 960 g/mol. The Morgan fingerprint density at radius 3 is 1.57 bits per heavy atom. The Kier molecular flexibility index (Phi) is 19.1. The van der Waals surface area contributed by atoms with E-state index in [9.17, 15) is 28.8 Å². The molecule has 2 aliphatic heterocycles. The topological polar surface area (TPSA) is 206 Å². The first-order valence-corrected chi connectivity index (χ1v) is 22.2. The third kappa shape index (κ3) is 12.7. The molecule has 0 saturated heterocycles. The van der Waals surface area contributed by atoms with E-state index in [0.717, 1.165) is 0 Å². The Labute approximate surface area is 399 Å². The third-order valence-electron chi connectivity index (χ3n) is 10.8. The lowest BCUT2D eigenvalue weighted by atomic mass is 9.80. The van der Waals surface area contributed by atoms with Gasteiger partial charge in [0.2, 0.25) is 0 Å². The number of nitrogens with one attached hydrogen (secondary N) is 4. The van der Waals surface area contributed by atoms with Gasteiger partial charge in [0.05, 0.1) is 105 Å². The number of hydrogen-bond acceptors (Lipinski definition) is 14. The molecule has 2 amide bonds. The van der Waals surface area contributed by atoms with Crippen LogP contribution in [0.2, 0.25) is 10.0 Å². The fraction of sp³-hybridized carbons (Fsp3) is 0.347. The Morgan fingerprint density at radius 2 is 1.04 bits per heavy atom. The average molecular weight is 962 g/mol. The fourth-order valence-corrected chi connectivity index (χ4v) is 8.27. The first-order chi connectivity index (χ1) is 32.3. The van der Waals surface area contributed by atoms with Gasteiger partial charge < -0.3 is 49.7 Å². The van der Waals surface area contributed by atoms with Crippen molar-refractivity contribution >= 4 is 58.9 Å². The van der Waals surface area contributed by atoms with Crippen molar-refractivity contribution in [3.63, 3.8) is 0 Å². The predicted octanol–water partition coefficient (Wildman–Crippen LogP) is 5.86. The van der Waals surface area contributed by atoms with Crippen LogP contribution < -0.4 is 21.3 Å². The summed E-state index contributed by atoms with van der Waals surface area (Å²) in [5.74, 6) is -5.33. The normalized spacial score (nSPS) is 15.9. The molecule has 16 nitrogen and oxygen atoms in total. The summed E-state index contributed by atoms with van der Waals surface area (Å²) in [5.41, 5.74) is 3.82. The molecule has 67 heavy (non-hydrogen) atoms. The second-order valence-electron chi connectivity index (χ2n) is 15.0. The molecule has 0 spiro atoms.